The van der Waals surface area contributed by atoms with Crippen molar-refractivity contribution in [2.24, 2.45) is 5.92 Å². The molecule has 1 atom stereocenters. The molecule has 1 aliphatic heterocycles. The van der Waals surface area contributed by atoms with Crippen molar-refractivity contribution in [3.05, 3.63) is 0 Å². The first kappa shape index (κ1) is 11.3. The summed E-state index contributed by atoms with van der Waals surface area (Å²) in [6, 6.07) is 0. The van der Waals surface area contributed by atoms with Gasteiger partial charge in [-0.1, -0.05) is 0 Å². The van der Waals surface area contributed by atoms with Gasteiger partial charge in [0.2, 0.25) is 11.8 Å². The van der Waals surface area contributed by atoms with E-state index in [1.807, 2.05) is 0 Å². The molecule has 0 aromatic heterocycles. The second-order valence-corrected chi connectivity index (χ2v) is 3.69. The van der Waals surface area contributed by atoms with E-state index in [9.17, 15) is 9.59 Å². The molecule has 1 saturated heterocycles. The third kappa shape index (κ3) is 2.61. The van der Waals surface area contributed by atoms with E-state index in [1.165, 1.54) is 0 Å². The Balaban J connectivity index is 2.51. The summed E-state index contributed by atoms with van der Waals surface area (Å²) in [6.07, 6.45) is 1.73. The Hall–Kier alpha value is -0.770. The molecule has 0 spiro atoms. The van der Waals surface area contributed by atoms with E-state index in [1.54, 1.807) is 11.9 Å². The van der Waals surface area contributed by atoms with Crippen LogP contribution in [0.25, 0.3) is 0 Å². The number of carbonyl (C=O) groups is 2. The number of likely N-dealkylation sites (tertiary alicyclic amines) is 1. The molecule has 2 amide bonds. The minimum absolute atomic E-state index is 0.000460. The van der Waals surface area contributed by atoms with E-state index in [0.29, 0.717) is 6.54 Å². The first-order valence-electron chi connectivity index (χ1n) is 4.74. The lowest BCUT2D eigenvalue weighted by atomic mass is 9.97. The third-order valence-electron chi connectivity index (χ3n) is 2.51. The van der Waals surface area contributed by atoms with E-state index in [0.717, 1.165) is 19.4 Å². The van der Waals surface area contributed by atoms with Crippen molar-refractivity contribution < 1.29 is 9.59 Å². The summed E-state index contributed by atoms with van der Waals surface area (Å²) in [5.74, 6) is -0.140. The van der Waals surface area contributed by atoms with E-state index < -0.39 is 0 Å². The molecule has 1 N–H and O–H groups in total. The van der Waals surface area contributed by atoms with Crippen LogP contribution in [0.15, 0.2) is 0 Å². The van der Waals surface area contributed by atoms with Gasteiger partial charge in [-0.05, 0) is 12.8 Å². The van der Waals surface area contributed by atoms with Crippen LogP contribution < -0.4 is 5.32 Å². The lowest BCUT2D eigenvalue weighted by Gasteiger charge is -2.31. The van der Waals surface area contributed by atoms with Crippen molar-refractivity contribution >= 4 is 23.4 Å². The van der Waals surface area contributed by atoms with Gasteiger partial charge >= 0.3 is 0 Å². The molecule has 14 heavy (non-hydrogen) atoms. The predicted octanol–water partition coefficient (Wildman–Crippen LogP) is 0.210. The van der Waals surface area contributed by atoms with E-state index in [4.69, 9.17) is 11.6 Å². The van der Waals surface area contributed by atoms with E-state index in [2.05, 4.69) is 5.32 Å². The van der Waals surface area contributed by atoms with Crippen LogP contribution in [0, 0.1) is 5.92 Å². The summed E-state index contributed by atoms with van der Waals surface area (Å²) in [5, 5.41) is 2.60. The summed E-state index contributed by atoms with van der Waals surface area (Å²) in [6.45, 7) is 1.23. The second-order valence-electron chi connectivity index (χ2n) is 3.43. The third-order valence-corrected chi connectivity index (χ3v) is 2.73. The van der Waals surface area contributed by atoms with Crippen LogP contribution in [0.3, 0.4) is 0 Å². The maximum Gasteiger partial charge on any atom is 0.237 e. The normalized spacial score (nSPS) is 21.9. The van der Waals surface area contributed by atoms with E-state index in [-0.39, 0.29) is 23.6 Å². The van der Waals surface area contributed by atoms with Crippen LogP contribution in [0.5, 0.6) is 0 Å². The van der Waals surface area contributed by atoms with Crippen LogP contribution >= 0.6 is 11.6 Å². The molecule has 0 aliphatic carbocycles. The molecule has 1 aliphatic rings. The topological polar surface area (TPSA) is 49.4 Å². The maximum absolute atomic E-state index is 11.3. The van der Waals surface area contributed by atoms with Gasteiger partial charge in [-0.3, -0.25) is 9.59 Å². The van der Waals surface area contributed by atoms with Crippen LogP contribution in [-0.2, 0) is 9.59 Å². The highest BCUT2D eigenvalue weighted by Crippen LogP contribution is 2.16. The number of nitrogens with zero attached hydrogens (tertiary/aromatic N) is 1. The standard InChI is InChI=1S/C9H15ClN2O2/c1-11-9(14)7-3-2-4-12(6-7)8(13)5-10/h7H,2-6H2,1H3,(H,11,14). The number of hydrogen-bond acceptors (Lipinski definition) is 2. The zero-order valence-electron chi connectivity index (χ0n) is 8.25. The molecule has 1 rings (SSSR count). The highest BCUT2D eigenvalue weighted by atomic mass is 35.5. The Morgan fingerprint density at radius 2 is 2.29 bits per heavy atom. The Labute approximate surface area is 88.6 Å². The highest BCUT2D eigenvalue weighted by Gasteiger charge is 2.27. The first-order valence-corrected chi connectivity index (χ1v) is 5.27. The quantitative estimate of drug-likeness (QED) is 0.674. The minimum Gasteiger partial charge on any atom is -0.359 e. The molecular formula is C9H15ClN2O2. The van der Waals surface area contributed by atoms with Gasteiger partial charge in [0.15, 0.2) is 0 Å². The molecule has 5 heteroatoms. The van der Waals surface area contributed by atoms with Gasteiger partial charge in [0.25, 0.3) is 0 Å². The Morgan fingerprint density at radius 1 is 1.57 bits per heavy atom. The summed E-state index contributed by atoms with van der Waals surface area (Å²) in [5.41, 5.74) is 0. The summed E-state index contributed by atoms with van der Waals surface area (Å²) in [4.78, 5) is 24.3. The largest absolute Gasteiger partial charge is 0.359 e. The van der Waals surface area contributed by atoms with Crippen molar-refractivity contribution in [3.8, 4) is 0 Å². The fraction of sp³-hybridized carbons (Fsp3) is 0.778. The van der Waals surface area contributed by atoms with Gasteiger partial charge < -0.3 is 10.2 Å². The minimum atomic E-state index is -0.0831. The average Bonchev–Trinajstić information content (AvgIpc) is 2.27. The van der Waals surface area contributed by atoms with Crippen molar-refractivity contribution in [1.29, 1.82) is 0 Å². The smallest absolute Gasteiger partial charge is 0.237 e. The van der Waals surface area contributed by atoms with Crippen LogP contribution in [0.2, 0.25) is 0 Å². The van der Waals surface area contributed by atoms with Gasteiger partial charge in [-0.2, -0.15) is 0 Å². The summed E-state index contributed by atoms with van der Waals surface area (Å²) < 4.78 is 0. The first-order chi connectivity index (χ1) is 6.69. The molecule has 80 valence electrons. The SMILES string of the molecule is CNC(=O)C1CCCN(C(=O)CCl)C1. The van der Waals surface area contributed by atoms with Crippen LogP contribution in [-0.4, -0.2) is 42.7 Å². The molecule has 0 radical (unpaired) electrons. The van der Waals surface area contributed by atoms with Crippen molar-refractivity contribution in [2.75, 3.05) is 26.0 Å². The Kier molecular flexibility index (Phi) is 4.20. The molecular weight excluding hydrogens is 204 g/mol. The van der Waals surface area contributed by atoms with E-state index >= 15 is 0 Å². The Morgan fingerprint density at radius 3 is 2.86 bits per heavy atom. The van der Waals surface area contributed by atoms with Crippen LogP contribution in [0.4, 0.5) is 0 Å². The number of rotatable bonds is 2. The second kappa shape index (κ2) is 5.20. The highest BCUT2D eigenvalue weighted by molar-refractivity contribution is 6.27. The lowest BCUT2D eigenvalue weighted by Crippen LogP contribution is -2.45. The van der Waals surface area contributed by atoms with Gasteiger partial charge in [0.05, 0.1) is 5.92 Å². The summed E-state index contributed by atoms with van der Waals surface area (Å²) >= 11 is 5.45. The fourth-order valence-corrected chi connectivity index (χ4v) is 1.88. The molecule has 1 fully saturated rings. The molecule has 0 aromatic carbocycles. The van der Waals surface area contributed by atoms with Crippen molar-refractivity contribution in [1.82, 2.24) is 10.2 Å². The zero-order chi connectivity index (χ0) is 10.6. The molecule has 1 heterocycles. The Bertz CT molecular complexity index is 211. The number of halogens is 1. The van der Waals surface area contributed by atoms with Gasteiger partial charge in [-0.15, -0.1) is 11.6 Å². The van der Waals surface area contributed by atoms with Gasteiger partial charge in [-0.25, -0.2) is 0 Å². The monoisotopic (exact) mass is 218 g/mol. The zero-order valence-corrected chi connectivity index (χ0v) is 9.01. The van der Waals surface area contributed by atoms with Gasteiger partial charge in [0, 0.05) is 20.1 Å². The summed E-state index contributed by atoms with van der Waals surface area (Å²) in [7, 11) is 1.62. The molecule has 0 saturated carbocycles. The molecule has 1 unspecified atom stereocenters. The lowest BCUT2D eigenvalue weighted by molar-refractivity contribution is -0.133. The van der Waals surface area contributed by atoms with Crippen LogP contribution in [0.1, 0.15) is 12.8 Å². The number of alkyl halides is 1. The number of carbonyl (C=O) groups excluding carboxylic acids is 2. The average molecular weight is 219 g/mol. The number of nitrogens with one attached hydrogen (secondary N) is 1. The number of amides is 2. The molecule has 0 aromatic rings. The predicted molar refractivity (Wildman–Crippen MR) is 54.1 cm³/mol. The number of hydrogen-bond donors (Lipinski definition) is 1. The fourth-order valence-electron chi connectivity index (χ4n) is 1.71. The van der Waals surface area contributed by atoms with Gasteiger partial charge in [0.1, 0.15) is 5.88 Å². The number of piperidine rings is 1. The molecule has 4 nitrogen and oxygen atoms in total. The molecule has 0 bridgehead atoms. The van der Waals surface area contributed by atoms with Crippen molar-refractivity contribution in [3.63, 3.8) is 0 Å². The van der Waals surface area contributed by atoms with Crippen molar-refractivity contribution in [2.45, 2.75) is 12.8 Å². The maximum atomic E-state index is 11.3.